The lowest BCUT2D eigenvalue weighted by molar-refractivity contribution is -0.115. The van der Waals surface area contributed by atoms with Crippen LogP contribution in [0.15, 0.2) is 36.1 Å². The van der Waals surface area contributed by atoms with E-state index in [1.807, 2.05) is 37.4 Å². The van der Waals surface area contributed by atoms with Crippen LogP contribution in [0.3, 0.4) is 0 Å². The summed E-state index contributed by atoms with van der Waals surface area (Å²) < 4.78 is 6.13. The van der Waals surface area contributed by atoms with Crippen LogP contribution in [0.4, 0.5) is 5.69 Å². The van der Waals surface area contributed by atoms with Crippen molar-refractivity contribution >= 4 is 22.9 Å². The first-order valence-corrected chi connectivity index (χ1v) is 10.9. The van der Waals surface area contributed by atoms with Crippen LogP contribution in [0.2, 0.25) is 0 Å². The Hall–Kier alpha value is -2.84. The Morgan fingerprint density at radius 2 is 2.00 bits per heavy atom. The van der Waals surface area contributed by atoms with Crippen LogP contribution in [-0.4, -0.2) is 52.0 Å². The summed E-state index contributed by atoms with van der Waals surface area (Å²) in [5.41, 5.74) is 4.29. The lowest BCUT2D eigenvalue weighted by atomic mass is 10.0. The van der Waals surface area contributed by atoms with E-state index in [1.165, 1.54) is 17.8 Å². The van der Waals surface area contributed by atoms with Gasteiger partial charge in [0.05, 0.1) is 6.42 Å². The minimum absolute atomic E-state index is 0.0971. The number of ether oxygens (including phenoxy) is 1. The first-order valence-electron chi connectivity index (χ1n) is 10.1. The van der Waals surface area contributed by atoms with Crippen LogP contribution in [0, 0.1) is 13.8 Å². The molecule has 0 bridgehead atoms. The zero-order chi connectivity index (χ0) is 20.9. The highest BCUT2D eigenvalue weighted by atomic mass is 32.1. The predicted molar refractivity (Wildman–Crippen MR) is 118 cm³/mol. The number of thiazole rings is 1. The summed E-state index contributed by atoms with van der Waals surface area (Å²) in [6.07, 6.45) is 4.80. The highest BCUT2D eigenvalue weighted by molar-refractivity contribution is 7.09. The van der Waals surface area contributed by atoms with Crippen molar-refractivity contribution in [2.45, 2.75) is 26.7 Å². The number of aryl methyl sites for hydroxylation is 2. The van der Waals surface area contributed by atoms with Crippen molar-refractivity contribution in [1.82, 2.24) is 19.9 Å². The molecule has 7 nitrogen and oxygen atoms in total. The van der Waals surface area contributed by atoms with Gasteiger partial charge >= 0.3 is 0 Å². The Balaban J connectivity index is 1.57. The molecule has 0 aliphatic carbocycles. The van der Waals surface area contributed by atoms with E-state index in [0.29, 0.717) is 12.3 Å². The molecule has 0 atom stereocenters. The molecule has 2 aromatic heterocycles. The molecule has 4 rings (SSSR count). The molecular weight excluding hydrogens is 398 g/mol. The van der Waals surface area contributed by atoms with Gasteiger partial charge in [0.1, 0.15) is 23.7 Å². The van der Waals surface area contributed by atoms with E-state index in [0.717, 1.165) is 52.9 Å². The van der Waals surface area contributed by atoms with Gasteiger partial charge in [0.25, 0.3) is 0 Å². The van der Waals surface area contributed by atoms with Crippen molar-refractivity contribution in [3.05, 3.63) is 52.5 Å². The molecule has 0 spiro atoms. The number of anilines is 1. The average molecular weight is 424 g/mol. The molecule has 1 aliphatic heterocycles. The number of rotatable bonds is 8. The van der Waals surface area contributed by atoms with Crippen LogP contribution in [-0.2, 0) is 11.2 Å². The number of carbonyl (C=O) groups is 1. The number of nitrogens with zero attached hydrogens (tertiary/aromatic N) is 4. The zero-order valence-corrected chi connectivity index (χ0v) is 18.0. The summed E-state index contributed by atoms with van der Waals surface area (Å²) in [6.45, 7) is 7.74. The molecule has 156 valence electrons. The van der Waals surface area contributed by atoms with E-state index >= 15 is 0 Å². The van der Waals surface area contributed by atoms with E-state index < -0.39 is 0 Å². The highest BCUT2D eigenvalue weighted by Crippen LogP contribution is 2.35. The van der Waals surface area contributed by atoms with E-state index in [1.54, 1.807) is 12.5 Å². The molecule has 0 unspecified atom stereocenters. The number of hydrogen-bond donors (Lipinski definition) is 1. The van der Waals surface area contributed by atoms with Crippen LogP contribution < -0.4 is 10.1 Å². The molecule has 1 N–H and O–H groups in total. The molecule has 1 fully saturated rings. The van der Waals surface area contributed by atoms with Gasteiger partial charge in [0, 0.05) is 46.3 Å². The van der Waals surface area contributed by atoms with Gasteiger partial charge in [-0.15, -0.1) is 11.3 Å². The monoisotopic (exact) mass is 423 g/mol. The number of likely N-dealkylation sites (tertiary alicyclic amines) is 1. The maximum atomic E-state index is 12.4. The normalized spacial score (nSPS) is 13.7. The Labute approximate surface area is 180 Å². The molecular formula is C22H25N5O2S. The first kappa shape index (κ1) is 20.4. The Bertz CT molecular complexity index is 998. The Morgan fingerprint density at radius 1 is 1.20 bits per heavy atom. The first-order chi connectivity index (χ1) is 14.6. The van der Waals surface area contributed by atoms with E-state index in [9.17, 15) is 4.79 Å². The van der Waals surface area contributed by atoms with Gasteiger partial charge in [-0.2, -0.15) is 0 Å². The fraction of sp³-hybridized carbons (Fsp3) is 0.364. The van der Waals surface area contributed by atoms with Crippen molar-refractivity contribution in [1.29, 1.82) is 0 Å². The van der Waals surface area contributed by atoms with Crippen molar-refractivity contribution in [2.24, 2.45) is 0 Å². The number of carbonyl (C=O) groups excluding carboxylic acids is 1. The molecule has 1 amide bonds. The molecule has 8 heteroatoms. The van der Waals surface area contributed by atoms with Gasteiger partial charge in [-0.25, -0.2) is 15.0 Å². The van der Waals surface area contributed by atoms with Gasteiger partial charge in [-0.1, -0.05) is 0 Å². The third-order valence-electron chi connectivity index (χ3n) is 5.17. The summed E-state index contributed by atoms with van der Waals surface area (Å²) in [7, 11) is 0. The third-order valence-corrected chi connectivity index (χ3v) is 5.95. The lowest BCUT2D eigenvalue weighted by Gasteiger charge is -2.30. The smallest absolute Gasteiger partial charge is 0.231 e. The summed E-state index contributed by atoms with van der Waals surface area (Å²) in [5, 5.41) is 5.63. The molecule has 1 aliphatic rings. The lowest BCUT2D eigenvalue weighted by Crippen LogP contribution is -2.39. The maximum Gasteiger partial charge on any atom is 0.231 e. The highest BCUT2D eigenvalue weighted by Gasteiger charge is 2.17. The average Bonchev–Trinajstić information content (AvgIpc) is 3.17. The predicted octanol–water partition coefficient (Wildman–Crippen LogP) is 3.48. The number of benzene rings is 1. The zero-order valence-electron chi connectivity index (χ0n) is 17.2. The number of amides is 1. The quantitative estimate of drug-likeness (QED) is 0.597. The summed E-state index contributed by atoms with van der Waals surface area (Å²) in [5.74, 6) is 0.676. The van der Waals surface area contributed by atoms with E-state index in [4.69, 9.17) is 4.74 Å². The molecule has 3 heterocycles. The maximum absolute atomic E-state index is 12.4. The summed E-state index contributed by atoms with van der Waals surface area (Å²) in [6, 6.07) is 5.73. The standard InChI is InChI=1S/C22H25N5O2S/c1-15-22(16(2)25-14-24-15)18-12-17(26-20(28)13-21-23-6-11-30-21)4-5-19(18)29-10-9-27-7-3-8-27/h4-6,11-12,14H,3,7-10,13H2,1-2H3,(H,26,28). The van der Waals surface area contributed by atoms with Gasteiger partial charge in [0.2, 0.25) is 5.91 Å². The SMILES string of the molecule is Cc1ncnc(C)c1-c1cc(NC(=O)Cc2nccs2)ccc1OCCN1CCC1. The van der Waals surface area contributed by atoms with Crippen LogP contribution in [0.1, 0.15) is 22.8 Å². The number of hydrogen-bond acceptors (Lipinski definition) is 7. The van der Waals surface area contributed by atoms with Crippen molar-refractivity contribution in [2.75, 3.05) is 31.6 Å². The second-order valence-electron chi connectivity index (χ2n) is 7.32. The molecule has 1 saturated heterocycles. The minimum atomic E-state index is -0.0971. The van der Waals surface area contributed by atoms with Crippen molar-refractivity contribution in [3.8, 4) is 16.9 Å². The molecule has 3 aromatic rings. The van der Waals surface area contributed by atoms with Gasteiger partial charge in [-0.3, -0.25) is 9.69 Å². The molecule has 30 heavy (non-hydrogen) atoms. The van der Waals surface area contributed by atoms with Crippen LogP contribution >= 0.6 is 11.3 Å². The third kappa shape index (κ3) is 4.83. The van der Waals surface area contributed by atoms with Crippen molar-refractivity contribution in [3.63, 3.8) is 0 Å². The summed E-state index contributed by atoms with van der Waals surface area (Å²) in [4.78, 5) is 27.7. The fourth-order valence-corrected chi connectivity index (χ4v) is 4.10. The second-order valence-corrected chi connectivity index (χ2v) is 8.30. The Morgan fingerprint density at radius 3 is 2.67 bits per heavy atom. The molecule has 0 radical (unpaired) electrons. The van der Waals surface area contributed by atoms with Crippen LogP contribution in [0.25, 0.3) is 11.1 Å². The number of nitrogens with one attached hydrogen (secondary N) is 1. The fourth-order valence-electron chi connectivity index (χ4n) is 3.48. The summed E-state index contributed by atoms with van der Waals surface area (Å²) >= 11 is 1.47. The van der Waals surface area contributed by atoms with E-state index in [2.05, 4.69) is 25.2 Å². The largest absolute Gasteiger partial charge is 0.492 e. The second kappa shape index (κ2) is 9.32. The van der Waals surface area contributed by atoms with Gasteiger partial charge < -0.3 is 10.1 Å². The number of aromatic nitrogens is 3. The minimum Gasteiger partial charge on any atom is -0.492 e. The topological polar surface area (TPSA) is 80.2 Å². The Kier molecular flexibility index (Phi) is 6.35. The molecule has 0 saturated carbocycles. The molecule has 1 aromatic carbocycles. The van der Waals surface area contributed by atoms with E-state index in [-0.39, 0.29) is 12.3 Å². The van der Waals surface area contributed by atoms with Crippen LogP contribution in [0.5, 0.6) is 5.75 Å². The van der Waals surface area contributed by atoms with Crippen molar-refractivity contribution < 1.29 is 9.53 Å². The van der Waals surface area contributed by atoms with Gasteiger partial charge in [0.15, 0.2) is 0 Å². The van der Waals surface area contributed by atoms with Gasteiger partial charge in [-0.05, 0) is 51.6 Å².